The van der Waals surface area contributed by atoms with Crippen LogP contribution in [0.1, 0.15) is 24.2 Å². The molecule has 1 aromatic heterocycles. The Morgan fingerprint density at radius 3 is 2.65 bits per heavy atom. The SMILES string of the molecule is COc1ccccc1OCC(=O)NCc1cc(C)nc(N2CCCC2)n1. The number of nitrogens with one attached hydrogen (secondary N) is 1. The van der Waals surface area contributed by atoms with Crippen molar-refractivity contribution in [3.8, 4) is 11.5 Å². The van der Waals surface area contributed by atoms with Crippen LogP contribution in [0.15, 0.2) is 30.3 Å². The zero-order valence-electron chi connectivity index (χ0n) is 15.2. The molecule has 1 amide bonds. The number of nitrogens with zero attached hydrogens (tertiary/aromatic N) is 3. The van der Waals surface area contributed by atoms with Crippen molar-refractivity contribution in [1.29, 1.82) is 0 Å². The number of benzene rings is 1. The summed E-state index contributed by atoms with van der Waals surface area (Å²) in [7, 11) is 1.57. The van der Waals surface area contributed by atoms with Crippen LogP contribution in [0.25, 0.3) is 0 Å². The minimum Gasteiger partial charge on any atom is -0.493 e. The molecule has 2 heterocycles. The van der Waals surface area contributed by atoms with Crippen LogP contribution in [-0.2, 0) is 11.3 Å². The number of aryl methyl sites for hydroxylation is 1. The summed E-state index contributed by atoms with van der Waals surface area (Å²) in [6.07, 6.45) is 2.34. The van der Waals surface area contributed by atoms with E-state index in [2.05, 4.69) is 20.2 Å². The monoisotopic (exact) mass is 356 g/mol. The Kier molecular flexibility index (Phi) is 5.88. The summed E-state index contributed by atoms with van der Waals surface area (Å²) in [5, 5.41) is 2.84. The van der Waals surface area contributed by atoms with Gasteiger partial charge in [0.05, 0.1) is 19.3 Å². The number of rotatable bonds is 7. The van der Waals surface area contributed by atoms with Crippen LogP contribution in [0.2, 0.25) is 0 Å². The largest absolute Gasteiger partial charge is 0.493 e. The third kappa shape index (κ3) is 4.62. The second-order valence-corrected chi connectivity index (χ2v) is 6.21. The first kappa shape index (κ1) is 18.0. The van der Waals surface area contributed by atoms with Crippen LogP contribution < -0.4 is 19.7 Å². The summed E-state index contributed by atoms with van der Waals surface area (Å²) < 4.78 is 10.7. The summed E-state index contributed by atoms with van der Waals surface area (Å²) in [4.78, 5) is 23.3. The Labute approximate surface area is 153 Å². The van der Waals surface area contributed by atoms with Gasteiger partial charge in [-0.15, -0.1) is 0 Å². The van der Waals surface area contributed by atoms with Crippen LogP contribution in [0.5, 0.6) is 11.5 Å². The van der Waals surface area contributed by atoms with Gasteiger partial charge in [-0.2, -0.15) is 0 Å². The van der Waals surface area contributed by atoms with Crippen molar-refractivity contribution in [1.82, 2.24) is 15.3 Å². The molecule has 3 rings (SSSR count). The van der Waals surface area contributed by atoms with Crippen molar-refractivity contribution >= 4 is 11.9 Å². The smallest absolute Gasteiger partial charge is 0.258 e. The maximum absolute atomic E-state index is 12.1. The maximum Gasteiger partial charge on any atom is 0.258 e. The van der Waals surface area contributed by atoms with E-state index in [1.54, 1.807) is 19.2 Å². The highest BCUT2D eigenvalue weighted by atomic mass is 16.5. The molecule has 0 unspecified atom stereocenters. The van der Waals surface area contributed by atoms with Gasteiger partial charge in [0.25, 0.3) is 5.91 Å². The first-order chi connectivity index (χ1) is 12.7. The average Bonchev–Trinajstić information content (AvgIpc) is 3.19. The maximum atomic E-state index is 12.1. The molecule has 0 radical (unpaired) electrons. The first-order valence-electron chi connectivity index (χ1n) is 8.78. The molecule has 1 aromatic carbocycles. The summed E-state index contributed by atoms with van der Waals surface area (Å²) in [5.74, 6) is 1.67. The number of aromatic nitrogens is 2. The number of carbonyl (C=O) groups excluding carboxylic acids is 1. The Balaban J connectivity index is 1.54. The Morgan fingerprint density at radius 2 is 1.92 bits per heavy atom. The standard InChI is InChI=1S/C19H24N4O3/c1-14-11-15(22-19(21-14)23-9-5-6-10-23)12-20-18(24)13-26-17-8-4-3-7-16(17)25-2/h3-4,7-8,11H,5-6,9-10,12-13H2,1-2H3,(H,20,24). The molecule has 7 heteroatoms. The molecule has 1 saturated heterocycles. The van der Waals surface area contributed by atoms with E-state index < -0.39 is 0 Å². The highest BCUT2D eigenvalue weighted by Crippen LogP contribution is 2.25. The van der Waals surface area contributed by atoms with Crippen molar-refractivity contribution in [2.24, 2.45) is 0 Å². The van der Waals surface area contributed by atoms with E-state index in [1.165, 1.54) is 12.8 Å². The lowest BCUT2D eigenvalue weighted by Gasteiger charge is -2.16. The Morgan fingerprint density at radius 1 is 1.19 bits per heavy atom. The van der Waals surface area contributed by atoms with Crippen molar-refractivity contribution in [3.63, 3.8) is 0 Å². The summed E-state index contributed by atoms with van der Waals surface area (Å²) in [6, 6.07) is 9.13. The number of ether oxygens (including phenoxy) is 2. The van der Waals surface area contributed by atoms with Crippen LogP contribution in [0, 0.1) is 6.92 Å². The van der Waals surface area contributed by atoms with Gasteiger partial charge in [-0.05, 0) is 38.0 Å². The molecule has 138 valence electrons. The van der Waals surface area contributed by atoms with Gasteiger partial charge in [0, 0.05) is 18.8 Å². The molecule has 0 saturated carbocycles. The molecule has 0 spiro atoms. The molecule has 0 bridgehead atoms. The van der Waals surface area contributed by atoms with Gasteiger partial charge in [0.2, 0.25) is 5.95 Å². The molecule has 1 N–H and O–H groups in total. The molecule has 7 nitrogen and oxygen atoms in total. The van der Waals surface area contributed by atoms with E-state index in [1.807, 2.05) is 25.1 Å². The van der Waals surface area contributed by atoms with E-state index in [0.29, 0.717) is 18.0 Å². The minimum atomic E-state index is -0.213. The quantitative estimate of drug-likeness (QED) is 0.819. The molecular formula is C19H24N4O3. The average molecular weight is 356 g/mol. The lowest BCUT2D eigenvalue weighted by atomic mass is 10.3. The van der Waals surface area contributed by atoms with Crippen molar-refractivity contribution in [2.45, 2.75) is 26.3 Å². The fourth-order valence-electron chi connectivity index (χ4n) is 2.89. The number of para-hydroxylation sites is 2. The fourth-order valence-corrected chi connectivity index (χ4v) is 2.89. The lowest BCUT2D eigenvalue weighted by Crippen LogP contribution is -2.29. The van der Waals surface area contributed by atoms with Gasteiger partial charge in [0.15, 0.2) is 18.1 Å². The zero-order valence-corrected chi connectivity index (χ0v) is 15.2. The molecule has 1 aliphatic heterocycles. The molecule has 0 aliphatic carbocycles. The van der Waals surface area contributed by atoms with Gasteiger partial charge in [-0.25, -0.2) is 9.97 Å². The topological polar surface area (TPSA) is 76.6 Å². The van der Waals surface area contributed by atoms with Gasteiger partial charge in [0.1, 0.15) is 0 Å². The van der Waals surface area contributed by atoms with Crippen molar-refractivity contribution < 1.29 is 14.3 Å². The number of methoxy groups -OCH3 is 1. The zero-order chi connectivity index (χ0) is 18.4. The highest BCUT2D eigenvalue weighted by Gasteiger charge is 2.16. The van der Waals surface area contributed by atoms with Crippen LogP contribution in [-0.4, -0.2) is 42.7 Å². The van der Waals surface area contributed by atoms with E-state index >= 15 is 0 Å². The summed E-state index contributed by atoms with van der Waals surface area (Å²) in [6.45, 7) is 4.18. The minimum absolute atomic E-state index is 0.0799. The Hall–Kier alpha value is -2.83. The second-order valence-electron chi connectivity index (χ2n) is 6.21. The number of hydrogen-bond acceptors (Lipinski definition) is 6. The highest BCUT2D eigenvalue weighted by molar-refractivity contribution is 5.77. The van der Waals surface area contributed by atoms with Crippen LogP contribution >= 0.6 is 0 Å². The van der Waals surface area contributed by atoms with Crippen LogP contribution in [0.4, 0.5) is 5.95 Å². The number of amides is 1. The molecule has 1 fully saturated rings. The van der Waals surface area contributed by atoms with Gasteiger partial charge < -0.3 is 19.7 Å². The van der Waals surface area contributed by atoms with E-state index in [9.17, 15) is 4.79 Å². The van der Waals surface area contributed by atoms with Gasteiger partial charge >= 0.3 is 0 Å². The molecule has 26 heavy (non-hydrogen) atoms. The van der Waals surface area contributed by atoms with E-state index in [4.69, 9.17) is 9.47 Å². The van der Waals surface area contributed by atoms with Crippen molar-refractivity contribution in [3.05, 3.63) is 41.7 Å². The number of anilines is 1. The van der Waals surface area contributed by atoms with Gasteiger partial charge in [-0.1, -0.05) is 12.1 Å². The number of hydrogen-bond donors (Lipinski definition) is 1. The molecule has 2 aromatic rings. The lowest BCUT2D eigenvalue weighted by molar-refractivity contribution is -0.123. The summed E-state index contributed by atoms with van der Waals surface area (Å²) >= 11 is 0. The summed E-state index contributed by atoms with van der Waals surface area (Å²) in [5.41, 5.74) is 1.70. The third-order valence-corrected chi connectivity index (χ3v) is 4.18. The Bertz CT molecular complexity index is 760. The first-order valence-corrected chi connectivity index (χ1v) is 8.78. The fraction of sp³-hybridized carbons (Fsp3) is 0.421. The molecular weight excluding hydrogens is 332 g/mol. The van der Waals surface area contributed by atoms with Crippen LogP contribution in [0.3, 0.4) is 0 Å². The molecule has 0 atom stereocenters. The van der Waals surface area contributed by atoms with Crippen molar-refractivity contribution in [2.75, 3.05) is 31.7 Å². The van der Waals surface area contributed by atoms with E-state index in [0.717, 1.165) is 30.4 Å². The van der Waals surface area contributed by atoms with E-state index in [-0.39, 0.29) is 12.5 Å². The molecule has 1 aliphatic rings. The third-order valence-electron chi connectivity index (χ3n) is 4.18. The predicted octanol–water partition coefficient (Wildman–Crippen LogP) is 2.09. The normalized spacial score (nSPS) is 13.5. The van der Waals surface area contributed by atoms with Gasteiger partial charge in [-0.3, -0.25) is 4.79 Å². The number of carbonyl (C=O) groups is 1. The second kappa shape index (κ2) is 8.51. The predicted molar refractivity (Wildman–Crippen MR) is 98.6 cm³/mol.